The van der Waals surface area contributed by atoms with Crippen molar-refractivity contribution in [3.8, 4) is 0 Å². The van der Waals surface area contributed by atoms with Crippen LogP contribution in [0, 0.1) is 0 Å². The van der Waals surface area contributed by atoms with E-state index in [-0.39, 0.29) is 5.91 Å². The van der Waals surface area contributed by atoms with Gasteiger partial charge in [-0.1, -0.05) is 6.92 Å². The van der Waals surface area contributed by atoms with E-state index in [0.29, 0.717) is 12.5 Å². The van der Waals surface area contributed by atoms with E-state index in [9.17, 15) is 4.79 Å². The van der Waals surface area contributed by atoms with E-state index in [1.54, 1.807) is 0 Å². The van der Waals surface area contributed by atoms with Crippen LogP contribution in [0.5, 0.6) is 0 Å². The number of aromatic nitrogens is 2. The molecule has 7 nitrogen and oxygen atoms in total. The quantitative estimate of drug-likeness (QED) is 0.877. The number of piperazine rings is 1. The fourth-order valence-corrected chi connectivity index (χ4v) is 3.02. The van der Waals surface area contributed by atoms with Gasteiger partial charge in [0.2, 0.25) is 5.91 Å². The minimum Gasteiger partial charge on any atom is -0.376 e. The Labute approximate surface area is 137 Å². The van der Waals surface area contributed by atoms with Crippen LogP contribution in [-0.2, 0) is 9.53 Å². The highest BCUT2D eigenvalue weighted by Gasteiger charge is 2.21. The predicted octanol–water partition coefficient (Wildman–Crippen LogP) is 1.13. The summed E-state index contributed by atoms with van der Waals surface area (Å²) in [4.78, 5) is 15.8. The average Bonchev–Trinajstić information content (AvgIpc) is 3.13. The van der Waals surface area contributed by atoms with Gasteiger partial charge in [-0.15, -0.1) is 10.2 Å². The van der Waals surface area contributed by atoms with E-state index in [2.05, 4.69) is 20.4 Å². The molecule has 2 aliphatic rings. The van der Waals surface area contributed by atoms with Gasteiger partial charge in [-0.2, -0.15) is 0 Å². The number of anilines is 2. The predicted molar refractivity (Wildman–Crippen MR) is 88.6 cm³/mol. The summed E-state index contributed by atoms with van der Waals surface area (Å²) in [7, 11) is 0. The van der Waals surface area contributed by atoms with Crippen molar-refractivity contribution in [1.29, 1.82) is 0 Å². The first-order chi connectivity index (χ1) is 11.3. The molecule has 1 amide bonds. The van der Waals surface area contributed by atoms with Gasteiger partial charge in [0.25, 0.3) is 0 Å². The second-order valence-corrected chi connectivity index (χ2v) is 6.01. The van der Waals surface area contributed by atoms with Crippen molar-refractivity contribution >= 4 is 17.5 Å². The molecule has 0 aliphatic carbocycles. The van der Waals surface area contributed by atoms with Crippen molar-refractivity contribution in [1.82, 2.24) is 15.1 Å². The van der Waals surface area contributed by atoms with Crippen LogP contribution in [0.1, 0.15) is 26.2 Å². The summed E-state index contributed by atoms with van der Waals surface area (Å²) < 4.78 is 5.58. The third-order valence-corrected chi connectivity index (χ3v) is 4.44. The van der Waals surface area contributed by atoms with Crippen LogP contribution < -0.4 is 10.2 Å². The third kappa shape index (κ3) is 4.10. The molecule has 1 unspecified atom stereocenters. The van der Waals surface area contributed by atoms with E-state index in [1.807, 2.05) is 24.0 Å². The second-order valence-electron chi connectivity index (χ2n) is 6.01. The largest absolute Gasteiger partial charge is 0.376 e. The Morgan fingerprint density at radius 3 is 2.74 bits per heavy atom. The lowest BCUT2D eigenvalue weighted by atomic mass is 10.2. The van der Waals surface area contributed by atoms with E-state index in [1.165, 1.54) is 0 Å². The van der Waals surface area contributed by atoms with Crippen LogP contribution in [0.15, 0.2) is 12.1 Å². The van der Waals surface area contributed by atoms with Gasteiger partial charge in [-0.05, 0) is 25.0 Å². The molecule has 0 radical (unpaired) electrons. The van der Waals surface area contributed by atoms with Crippen molar-refractivity contribution in [3.63, 3.8) is 0 Å². The van der Waals surface area contributed by atoms with Gasteiger partial charge in [-0.25, -0.2) is 0 Å². The van der Waals surface area contributed by atoms with E-state index < -0.39 is 0 Å². The Bertz CT molecular complexity index is 508. The molecule has 23 heavy (non-hydrogen) atoms. The molecule has 0 bridgehead atoms. The minimum atomic E-state index is 0.226. The zero-order chi connectivity index (χ0) is 16.1. The molecule has 1 atom stereocenters. The van der Waals surface area contributed by atoms with Crippen molar-refractivity contribution < 1.29 is 9.53 Å². The first-order valence-corrected chi connectivity index (χ1v) is 8.48. The number of nitrogens with one attached hydrogen (secondary N) is 1. The molecule has 1 aromatic heterocycles. The molecule has 2 fully saturated rings. The Morgan fingerprint density at radius 1 is 1.30 bits per heavy atom. The smallest absolute Gasteiger partial charge is 0.222 e. The van der Waals surface area contributed by atoms with Crippen molar-refractivity contribution in [2.45, 2.75) is 32.3 Å². The highest BCUT2D eigenvalue weighted by Crippen LogP contribution is 2.16. The van der Waals surface area contributed by atoms with Gasteiger partial charge in [0.15, 0.2) is 5.82 Å². The molecular formula is C16H25N5O2. The maximum atomic E-state index is 11.7. The summed E-state index contributed by atoms with van der Waals surface area (Å²) in [6.45, 7) is 6.69. The number of amides is 1. The maximum absolute atomic E-state index is 11.7. The van der Waals surface area contributed by atoms with Gasteiger partial charge < -0.3 is 19.9 Å². The molecule has 0 spiro atoms. The molecule has 126 valence electrons. The molecule has 1 N–H and O–H groups in total. The lowest BCUT2D eigenvalue weighted by Crippen LogP contribution is -2.48. The molecular weight excluding hydrogens is 294 g/mol. The number of carbonyl (C=O) groups is 1. The Balaban J connectivity index is 1.48. The topological polar surface area (TPSA) is 70.6 Å². The van der Waals surface area contributed by atoms with Gasteiger partial charge in [-0.3, -0.25) is 4.79 Å². The molecule has 3 heterocycles. The summed E-state index contributed by atoms with van der Waals surface area (Å²) >= 11 is 0. The Kier molecular flexibility index (Phi) is 5.27. The number of hydrogen-bond acceptors (Lipinski definition) is 6. The van der Waals surface area contributed by atoms with Crippen LogP contribution in [0.4, 0.5) is 11.6 Å². The van der Waals surface area contributed by atoms with Crippen molar-refractivity contribution in [3.05, 3.63) is 12.1 Å². The first-order valence-electron chi connectivity index (χ1n) is 8.48. The number of rotatable bonds is 5. The summed E-state index contributed by atoms with van der Waals surface area (Å²) in [6.07, 6.45) is 3.12. The fraction of sp³-hybridized carbons (Fsp3) is 0.688. The monoisotopic (exact) mass is 319 g/mol. The number of hydrogen-bond donors (Lipinski definition) is 1. The average molecular weight is 319 g/mol. The summed E-state index contributed by atoms with van der Waals surface area (Å²) in [5, 5.41) is 11.8. The van der Waals surface area contributed by atoms with E-state index >= 15 is 0 Å². The lowest BCUT2D eigenvalue weighted by Gasteiger charge is -2.35. The van der Waals surface area contributed by atoms with Gasteiger partial charge in [0, 0.05) is 45.8 Å². The van der Waals surface area contributed by atoms with Crippen molar-refractivity contribution in [2.75, 3.05) is 49.5 Å². The normalized spacial score (nSPS) is 21.5. The van der Waals surface area contributed by atoms with E-state index in [0.717, 1.165) is 63.8 Å². The Hall–Kier alpha value is -1.89. The number of carbonyl (C=O) groups excluding carboxylic acids is 1. The number of nitrogens with zero attached hydrogens (tertiary/aromatic N) is 4. The first kappa shape index (κ1) is 16.0. The third-order valence-electron chi connectivity index (χ3n) is 4.44. The zero-order valence-electron chi connectivity index (χ0n) is 13.7. The molecule has 2 aliphatic heterocycles. The van der Waals surface area contributed by atoms with Crippen LogP contribution in [-0.4, -0.2) is 66.4 Å². The standard InChI is InChI=1S/C16H25N5O2/c1-2-16(22)21-9-7-20(8-10-21)15-6-5-14(18-19-15)17-12-13-4-3-11-23-13/h5-6,13H,2-4,7-12H2,1H3,(H,17,18). The summed E-state index contributed by atoms with van der Waals surface area (Å²) in [6, 6.07) is 3.95. The van der Waals surface area contributed by atoms with Crippen LogP contribution in [0.3, 0.4) is 0 Å². The molecule has 0 aromatic carbocycles. The summed E-state index contributed by atoms with van der Waals surface area (Å²) in [5.41, 5.74) is 0. The molecule has 1 aromatic rings. The highest BCUT2D eigenvalue weighted by molar-refractivity contribution is 5.76. The SMILES string of the molecule is CCC(=O)N1CCN(c2ccc(NCC3CCCO3)nn2)CC1. The van der Waals surface area contributed by atoms with E-state index in [4.69, 9.17) is 4.74 Å². The van der Waals surface area contributed by atoms with Gasteiger partial charge >= 0.3 is 0 Å². The second kappa shape index (κ2) is 7.59. The van der Waals surface area contributed by atoms with Crippen LogP contribution in [0.2, 0.25) is 0 Å². The van der Waals surface area contributed by atoms with Gasteiger partial charge in [0.05, 0.1) is 6.10 Å². The van der Waals surface area contributed by atoms with Crippen molar-refractivity contribution in [2.24, 2.45) is 0 Å². The fourth-order valence-electron chi connectivity index (χ4n) is 3.02. The molecule has 7 heteroatoms. The molecule has 3 rings (SSSR count). The van der Waals surface area contributed by atoms with Crippen LogP contribution in [0.25, 0.3) is 0 Å². The van der Waals surface area contributed by atoms with Crippen LogP contribution >= 0.6 is 0 Å². The minimum absolute atomic E-state index is 0.226. The lowest BCUT2D eigenvalue weighted by molar-refractivity contribution is -0.131. The van der Waals surface area contributed by atoms with Gasteiger partial charge in [0.1, 0.15) is 5.82 Å². The number of ether oxygens (including phenoxy) is 1. The summed E-state index contributed by atoms with van der Waals surface area (Å²) in [5.74, 6) is 1.88. The molecule has 2 saturated heterocycles. The Morgan fingerprint density at radius 2 is 2.13 bits per heavy atom. The molecule has 0 saturated carbocycles. The zero-order valence-corrected chi connectivity index (χ0v) is 13.7. The highest BCUT2D eigenvalue weighted by atomic mass is 16.5. The maximum Gasteiger partial charge on any atom is 0.222 e.